The number of hydrogen-bond acceptors (Lipinski definition) is 5. The van der Waals surface area contributed by atoms with E-state index in [2.05, 4.69) is 20.6 Å². The quantitative estimate of drug-likeness (QED) is 0.371. The lowest BCUT2D eigenvalue weighted by atomic mass is 10.1. The van der Waals surface area contributed by atoms with Crippen molar-refractivity contribution in [1.82, 2.24) is 20.2 Å². The molecular weight excluding hydrogens is 390 g/mol. The number of amides is 1. The zero-order valence-electron chi connectivity index (χ0n) is 17.0. The standard InChI is InChI=1S/C24H21N5O2/c1-18-7-5-11-22(13-18)31-17-23(30)27-26-15-20-16-29(21-9-3-2-4-10-21)28-24(20)19-8-6-12-25-14-19/h2-16H,17H2,1H3,(H,27,30)/b26-15-. The van der Waals surface area contributed by atoms with Crippen molar-refractivity contribution in [3.63, 3.8) is 0 Å². The molecule has 0 radical (unpaired) electrons. The molecule has 7 heteroatoms. The van der Waals surface area contributed by atoms with Crippen molar-refractivity contribution in [1.29, 1.82) is 0 Å². The minimum absolute atomic E-state index is 0.125. The summed E-state index contributed by atoms with van der Waals surface area (Å²) in [6.07, 6.45) is 6.87. The lowest BCUT2D eigenvalue weighted by Crippen LogP contribution is -2.24. The highest BCUT2D eigenvalue weighted by Gasteiger charge is 2.11. The molecule has 154 valence electrons. The second-order valence-electron chi connectivity index (χ2n) is 6.85. The molecule has 0 aliphatic carbocycles. The molecule has 31 heavy (non-hydrogen) atoms. The molecule has 4 rings (SSSR count). The number of ether oxygens (including phenoxy) is 1. The monoisotopic (exact) mass is 411 g/mol. The van der Waals surface area contributed by atoms with Crippen molar-refractivity contribution in [2.45, 2.75) is 6.92 Å². The Labute approximate surface area is 180 Å². The second-order valence-corrected chi connectivity index (χ2v) is 6.85. The molecule has 0 unspecified atom stereocenters. The van der Waals surface area contributed by atoms with Crippen molar-refractivity contribution in [3.8, 4) is 22.7 Å². The largest absolute Gasteiger partial charge is 0.484 e. The second kappa shape index (κ2) is 9.49. The van der Waals surface area contributed by atoms with E-state index in [-0.39, 0.29) is 12.5 Å². The first-order valence-electron chi connectivity index (χ1n) is 9.76. The SMILES string of the molecule is Cc1cccc(OCC(=O)N/N=C\c2cn(-c3ccccc3)nc2-c2cccnc2)c1. The number of nitrogens with zero attached hydrogens (tertiary/aromatic N) is 4. The molecule has 0 aliphatic rings. The Morgan fingerprint density at radius 1 is 1.13 bits per heavy atom. The van der Waals surface area contributed by atoms with Crippen molar-refractivity contribution >= 4 is 12.1 Å². The number of para-hydroxylation sites is 1. The van der Waals surface area contributed by atoms with E-state index in [4.69, 9.17) is 4.74 Å². The van der Waals surface area contributed by atoms with Gasteiger partial charge in [-0.25, -0.2) is 10.1 Å². The molecule has 0 saturated heterocycles. The highest BCUT2D eigenvalue weighted by molar-refractivity contribution is 5.89. The molecule has 7 nitrogen and oxygen atoms in total. The fourth-order valence-electron chi connectivity index (χ4n) is 2.98. The number of hydrazone groups is 1. The van der Waals surface area contributed by atoms with E-state index in [1.165, 1.54) is 0 Å². The normalized spacial score (nSPS) is 10.9. The number of rotatable bonds is 7. The van der Waals surface area contributed by atoms with E-state index < -0.39 is 0 Å². The van der Waals surface area contributed by atoms with Crippen LogP contribution < -0.4 is 10.2 Å². The Balaban J connectivity index is 1.48. The average Bonchev–Trinajstić information content (AvgIpc) is 3.23. The predicted octanol–water partition coefficient (Wildman–Crippen LogP) is 3.77. The summed E-state index contributed by atoms with van der Waals surface area (Å²) in [7, 11) is 0. The third kappa shape index (κ3) is 5.22. The third-order valence-corrected chi connectivity index (χ3v) is 4.45. The Kier molecular flexibility index (Phi) is 6.13. The van der Waals surface area contributed by atoms with Crippen LogP contribution in [0.25, 0.3) is 16.9 Å². The lowest BCUT2D eigenvalue weighted by molar-refractivity contribution is -0.123. The van der Waals surface area contributed by atoms with E-state index in [9.17, 15) is 4.79 Å². The van der Waals surface area contributed by atoms with Gasteiger partial charge in [0.25, 0.3) is 5.91 Å². The molecule has 1 amide bonds. The molecular formula is C24H21N5O2. The number of aryl methyl sites for hydroxylation is 1. The zero-order chi connectivity index (χ0) is 21.5. The van der Waals surface area contributed by atoms with Gasteiger partial charge in [-0.3, -0.25) is 9.78 Å². The minimum Gasteiger partial charge on any atom is -0.484 e. The molecule has 0 spiro atoms. The first-order valence-corrected chi connectivity index (χ1v) is 9.76. The smallest absolute Gasteiger partial charge is 0.277 e. The molecule has 0 saturated carbocycles. The zero-order valence-corrected chi connectivity index (χ0v) is 17.0. The van der Waals surface area contributed by atoms with Crippen LogP contribution in [-0.4, -0.2) is 33.5 Å². The third-order valence-electron chi connectivity index (χ3n) is 4.45. The lowest BCUT2D eigenvalue weighted by Gasteiger charge is -2.05. The van der Waals surface area contributed by atoms with Gasteiger partial charge in [-0.2, -0.15) is 10.2 Å². The van der Waals surface area contributed by atoms with E-state index in [1.54, 1.807) is 23.3 Å². The van der Waals surface area contributed by atoms with Gasteiger partial charge in [-0.1, -0.05) is 30.3 Å². The molecule has 4 aromatic rings. The number of aromatic nitrogens is 3. The van der Waals surface area contributed by atoms with Crippen LogP contribution >= 0.6 is 0 Å². The van der Waals surface area contributed by atoms with Gasteiger partial charge in [0.05, 0.1) is 11.9 Å². The predicted molar refractivity (Wildman–Crippen MR) is 119 cm³/mol. The summed E-state index contributed by atoms with van der Waals surface area (Å²) >= 11 is 0. The summed E-state index contributed by atoms with van der Waals surface area (Å²) in [5.41, 5.74) is 6.80. The maximum atomic E-state index is 12.1. The first-order chi connectivity index (χ1) is 15.2. The Hall–Kier alpha value is -4.26. The van der Waals surface area contributed by atoms with Crippen molar-refractivity contribution in [2.24, 2.45) is 5.10 Å². The van der Waals surface area contributed by atoms with Crippen LogP contribution in [0.1, 0.15) is 11.1 Å². The van der Waals surface area contributed by atoms with Gasteiger partial charge < -0.3 is 4.74 Å². The number of benzene rings is 2. The van der Waals surface area contributed by atoms with Crippen LogP contribution in [-0.2, 0) is 4.79 Å². The van der Waals surface area contributed by atoms with E-state index in [0.717, 1.165) is 22.4 Å². The maximum absolute atomic E-state index is 12.1. The van der Waals surface area contributed by atoms with Gasteiger partial charge >= 0.3 is 0 Å². The fraction of sp³-hybridized carbons (Fsp3) is 0.0833. The van der Waals surface area contributed by atoms with Crippen molar-refractivity contribution < 1.29 is 9.53 Å². The summed E-state index contributed by atoms with van der Waals surface area (Å²) in [4.78, 5) is 16.3. The Morgan fingerprint density at radius 3 is 2.77 bits per heavy atom. The number of pyridine rings is 1. The molecule has 0 bridgehead atoms. The van der Waals surface area contributed by atoms with Crippen LogP contribution in [0.2, 0.25) is 0 Å². The maximum Gasteiger partial charge on any atom is 0.277 e. The van der Waals surface area contributed by atoms with Gasteiger partial charge in [0, 0.05) is 29.7 Å². The molecule has 0 fully saturated rings. The number of carbonyl (C=O) groups is 1. The molecule has 2 heterocycles. The van der Waals surface area contributed by atoms with E-state index in [1.807, 2.05) is 79.9 Å². The van der Waals surface area contributed by atoms with Crippen LogP contribution in [0.4, 0.5) is 0 Å². The molecule has 0 atom stereocenters. The molecule has 2 aromatic carbocycles. The van der Waals surface area contributed by atoms with Crippen LogP contribution in [0, 0.1) is 6.92 Å². The summed E-state index contributed by atoms with van der Waals surface area (Å²) in [6, 6.07) is 21.1. The highest BCUT2D eigenvalue weighted by atomic mass is 16.5. The van der Waals surface area contributed by atoms with E-state index >= 15 is 0 Å². The molecule has 1 N–H and O–H groups in total. The van der Waals surface area contributed by atoms with Crippen LogP contribution in [0.3, 0.4) is 0 Å². The van der Waals surface area contributed by atoms with Gasteiger partial charge in [0.1, 0.15) is 11.4 Å². The molecule has 2 aromatic heterocycles. The van der Waals surface area contributed by atoms with Crippen molar-refractivity contribution in [2.75, 3.05) is 6.61 Å². The van der Waals surface area contributed by atoms with Crippen LogP contribution in [0.5, 0.6) is 5.75 Å². The number of carbonyl (C=O) groups excluding carboxylic acids is 1. The molecule has 0 aliphatic heterocycles. The highest BCUT2D eigenvalue weighted by Crippen LogP contribution is 2.21. The van der Waals surface area contributed by atoms with Gasteiger partial charge in [-0.05, 0) is 48.9 Å². The van der Waals surface area contributed by atoms with Gasteiger partial charge in [-0.15, -0.1) is 0 Å². The Morgan fingerprint density at radius 2 is 2.00 bits per heavy atom. The first kappa shape index (κ1) is 20.0. The van der Waals surface area contributed by atoms with Crippen molar-refractivity contribution in [3.05, 3.63) is 96.4 Å². The fourth-order valence-corrected chi connectivity index (χ4v) is 2.98. The summed E-state index contributed by atoms with van der Waals surface area (Å²) in [5, 5.41) is 8.77. The average molecular weight is 411 g/mol. The van der Waals surface area contributed by atoms with Gasteiger partial charge in [0.15, 0.2) is 6.61 Å². The number of nitrogens with one attached hydrogen (secondary N) is 1. The Bertz CT molecular complexity index is 1190. The summed E-state index contributed by atoms with van der Waals surface area (Å²) in [6.45, 7) is 1.84. The van der Waals surface area contributed by atoms with Gasteiger partial charge in [0.2, 0.25) is 0 Å². The topological polar surface area (TPSA) is 81.4 Å². The number of hydrogen-bond donors (Lipinski definition) is 1. The van der Waals surface area contributed by atoms with Crippen LogP contribution in [0.15, 0.2) is 90.4 Å². The summed E-state index contributed by atoms with van der Waals surface area (Å²) < 4.78 is 7.27. The van der Waals surface area contributed by atoms with E-state index in [0.29, 0.717) is 11.4 Å². The minimum atomic E-state index is -0.351. The summed E-state index contributed by atoms with van der Waals surface area (Å²) in [5.74, 6) is 0.290.